The first-order valence-corrected chi connectivity index (χ1v) is 9.18. The normalized spacial score (nSPS) is 17.9. The van der Waals surface area contributed by atoms with Gasteiger partial charge in [-0.2, -0.15) is 0 Å². The van der Waals surface area contributed by atoms with Crippen molar-refractivity contribution in [1.29, 1.82) is 0 Å². The Morgan fingerprint density at radius 3 is 2.58 bits per heavy atom. The average molecular weight is 353 g/mol. The van der Waals surface area contributed by atoms with E-state index >= 15 is 0 Å². The predicted molar refractivity (Wildman–Crippen MR) is 103 cm³/mol. The number of carbonyl (C=O) groups is 1. The van der Waals surface area contributed by atoms with Crippen LogP contribution in [0.15, 0.2) is 36.4 Å². The number of phenols is 1. The molecule has 1 N–H and O–H groups in total. The van der Waals surface area contributed by atoms with Crippen LogP contribution in [0.1, 0.15) is 39.9 Å². The third kappa shape index (κ3) is 3.91. The number of hydrogen-bond acceptors (Lipinski definition) is 4. The molecule has 2 aromatic carbocycles. The molecular formula is C22H27NO3. The molecule has 2 aromatic rings. The van der Waals surface area contributed by atoms with Gasteiger partial charge in [-0.05, 0) is 62.6 Å². The van der Waals surface area contributed by atoms with Gasteiger partial charge in [0.15, 0.2) is 5.78 Å². The molecule has 4 heteroatoms. The smallest absolute Gasteiger partial charge is 0.167 e. The van der Waals surface area contributed by atoms with Gasteiger partial charge in [-0.1, -0.05) is 18.2 Å². The number of ether oxygens (including phenoxy) is 1. The Balaban J connectivity index is 1.73. The maximum atomic E-state index is 13.1. The van der Waals surface area contributed by atoms with E-state index in [1.807, 2.05) is 44.2 Å². The van der Waals surface area contributed by atoms with Crippen LogP contribution in [0, 0.1) is 19.8 Å². The van der Waals surface area contributed by atoms with Gasteiger partial charge in [-0.15, -0.1) is 0 Å². The van der Waals surface area contributed by atoms with Crippen LogP contribution in [0.2, 0.25) is 0 Å². The molecule has 26 heavy (non-hydrogen) atoms. The molecule has 138 valence electrons. The first-order chi connectivity index (χ1) is 12.5. The van der Waals surface area contributed by atoms with Crippen molar-refractivity contribution in [1.82, 2.24) is 4.90 Å². The van der Waals surface area contributed by atoms with Crippen LogP contribution in [-0.2, 0) is 6.54 Å². The van der Waals surface area contributed by atoms with Gasteiger partial charge in [-0.25, -0.2) is 0 Å². The maximum absolute atomic E-state index is 13.1. The van der Waals surface area contributed by atoms with E-state index in [0.717, 1.165) is 53.9 Å². The van der Waals surface area contributed by atoms with Gasteiger partial charge in [-0.3, -0.25) is 9.69 Å². The first-order valence-electron chi connectivity index (χ1n) is 9.18. The molecule has 1 aliphatic heterocycles. The summed E-state index contributed by atoms with van der Waals surface area (Å²) in [5.41, 5.74) is 3.68. The summed E-state index contributed by atoms with van der Waals surface area (Å²) in [4.78, 5) is 15.3. The van der Waals surface area contributed by atoms with Crippen molar-refractivity contribution in [3.8, 4) is 11.5 Å². The number of benzene rings is 2. The Kier molecular flexibility index (Phi) is 5.62. The van der Waals surface area contributed by atoms with Crippen LogP contribution in [0.3, 0.4) is 0 Å². The van der Waals surface area contributed by atoms with E-state index in [1.54, 1.807) is 13.2 Å². The largest absolute Gasteiger partial charge is 0.508 e. The fraction of sp³-hybridized carbons (Fsp3) is 0.409. The topological polar surface area (TPSA) is 49.8 Å². The van der Waals surface area contributed by atoms with Crippen molar-refractivity contribution in [2.75, 3.05) is 20.2 Å². The number of Topliss-reactive ketones (excluding diaryl/α,β-unsaturated/α-hetero) is 1. The molecule has 4 nitrogen and oxygen atoms in total. The second kappa shape index (κ2) is 7.92. The third-order valence-electron chi connectivity index (χ3n) is 5.21. The van der Waals surface area contributed by atoms with E-state index in [0.29, 0.717) is 12.3 Å². The summed E-state index contributed by atoms with van der Waals surface area (Å²) in [5, 5.41) is 10.00. The Bertz CT molecular complexity index is 777. The summed E-state index contributed by atoms with van der Waals surface area (Å²) in [5.74, 6) is 1.39. The number of phenolic OH excluding ortho intramolecular Hbond substituents is 1. The van der Waals surface area contributed by atoms with Gasteiger partial charge in [0.05, 0.1) is 7.11 Å². The van der Waals surface area contributed by atoms with Crippen molar-refractivity contribution in [2.45, 2.75) is 33.2 Å². The van der Waals surface area contributed by atoms with Gasteiger partial charge < -0.3 is 9.84 Å². The molecular weight excluding hydrogens is 326 g/mol. The molecule has 0 aliphatic carbocycles. The number of methoxy groups -OCH3 is 1. The van der Waals surface area contributed by atoms with Crippen molar-refractivity contribution in [3.05, 3.63) is 58.7 Å². The van der Waals surface area contributed by atoms with Crippen LogP contribution in [0.5, 0.6) is 11.5 Å². The first kappa shape index (κ1) is 18.5. The van der Waals surface area contributed by atoms with Crippen LogP contribution >= 0.6 is 0 Å². The number of aryl methyl sites for hydroxylation is 2. The van der Waals surface area contributed by atoms with E-state index < -0.39 is 0 Å². The maximum Gasteiger partial charge on any atom is 0.167 e. The quantitative estimate of drug-likeness (QED) is 0.822. The van der Waals surface area contributed by atoms with Crippen LogP contribution in [0.25, 0.3) is 0 Å². The zero-order valence-electron chi connectivity index (χ0n) is 15.8. The second-order valence-electron chi connectivity index (χ2n) is 7.21. The predicted octanol–water partition coefficient (Wildman–Crippen LogP) is 4.11. The summed E-state index contributed by atoms with van der Waals surface area (Å²) >= 11 is 0. The highest BCUT2D eigenvalue weighted by atomic mass is 16.5. The minimum atomic E-state index is 0.00167. The van der Waals surface area contributed by atoms with Crippen LogP contribution < -0.4 is 4.74 Å². The zero-order chi connectivity index (χ0) is 18.7. The highest BCUT2D eigenvalue weighted by molar-refractivity contribution is 5.98. The number of aromatic hydroxyl groups is 1. The SMILES string of the molecule is COc1c(C)cc(C(=O)[C@H]2CCCN(Cc3ccccc3O)C2)cc1C. The number of nitrogens with zero attached hydrogens (tertiary/aromatic N) is 1. The van der Waals surface area contributed by atoms with Gasteiger partial charge in [0, 0.05) is 30.1 Å². The van der Waals surface area contributed by atoms with Gasteiger partial charge in [0.25, 0.3) is 0 Å². The molecule has 0 unspecified atom stereocenters. The molecule has 0 aromatic heterocycles. The molecule has 0 amide bonds. The molecule has 0 saturated carbocycles. The third-order valence-corrected chi connectivity index (χ3v) is 5.21. The standard InChI is InChI=1S/C22H27NO3/c1-15-11-19(12-16(2)22(15)26-3)21(25)18-8-6-10-23(14-18)13-17-7-4-5-9-20(17)24/h4-5,7,9,11-12,18,24H,6,8,10,13-14H2,1-3H3/t18-/m0/s1. The summed E-state index contributed by atoms with van der Waals surface area (Å²) in [6.45, 7) is 6.33. The van der Waals surface area contributed by atoms with Crippen LogP contribution in [0.4, 0.5) is 0 Å². The van der Waals surface area contributed by atoms with Crippen molar-refractivity contribution >= 4 is 5.78 Å². The van der Waals surface area contributed by atoms with E-state index in [9.17, 15) is 9.90 Å². The summed E-state index contributed by atoms with van der Waals surface area (Å²) in [6.07, 6.45) is 1.92. The number of carbonyl (C=O) groups excluding carboxylic acids is 1. The highest BCUT2D eigenvalue weighted by Crippen LogP contribution is 2.28. The molecule has 1 aliphatic rings. The second-order valence-corrected chi connectivity index (χ2v) is 7.21. The van der Waals surface area contributed by atoms with E-state index in [1.165, 1.54) is 0 Å². The molecule has 0 radical (unpaired) electrons. The highest BCUT2D eigenvalue weighted by Gasteiger charge is 2.27. The number of likely N-dealkylation sites (tertiary alicyclic amines) is 1. The van der Waals surface area contributed by atoms with Crippen LogP contribution in [-0.4, -0.2) is 36.0 Å². The monoisotopic (exact) mass is 353 g/mol. The number of rotatable bonds is 5. The molecule has 3 rings (SSSR count). The molecule has 0 bridgehead atoms. The lowest BCUT2D eigenvalue weighted by atomic mass is 9.88. The fourth-order valence-corrected chi connectivity index (χ4v) is 3.95. The number of ketones is 1. The summed E-state index contributed by atoms with van der Waals surface area (Å²) in [7, 11) is 1.66. The van der Waals surface area contributed by atoms with E-state index in [4.69, 9.17) is 4.74 Å². The fourth-order valence-electron chi connectivity index (χ4n) is 3.95. The zero-order valence-corrected chi connectivity index (χ0v) is 15.8. The lowest BCUT2D eigenvalue weighted by molar-refractivity contribution is 0.0810. The minimum Gasteiger partial charge on any atom is -0.508 e. The van der Waals surface area contributed by atoms with E-state index in [2.05, 4.69) is 4.90 Å². The van der Waals surface area contributed by atoms with E-state index in [-0.39, 0.29) is 11.7 Å². The number of para-hydroxylation sites is 1. The molecule has 1 atom stereocenters. The average Bonchev–Trinajstić information content (AvgIpc) is 2.63. The Morgan fingerprint density at radius 2 is 1.92 bits per heavy atom. The molecule has 1 heterocycles. The lowest BCUT2D eigenvalue weighted by Gasteiger charge is -2.32. The van der Waals surface area contributed by atoms with Crippen molar-refractivity contribution in [2.24, 2.45) is 5.92 Å². The summed E-state index contributed by atoms with van der Waals surface area (Å²) < 4.78 is 5.41. The number of hydrogen-bond donors (Lipinski definition) is 1. The van der Waals surface area contributed by atoms with Gasteiger partial charge in [0.1, 0.15) is 11.5 Å². The Labute approximate surface area is 155 Å². The molecule has 0 spiro atoms. The minimum absolute atomic E-state index is 0.00167. The van der Waals surface area contributed by atoms with Crippen molar-refractivity contribution in [3.63, 3.8) is 0 Å². The number of piperidine rings is 1. The summed E-state index contributed by atoms with van der Waals surface area (Å²) in [6, 6.07) is 11.3. The molecule has 1 saturated heterocycles. The van der Waals surface area contributed by atoms with Gasteiger partial charge >= 0.3 is 0 Å². The Hall–Kier alpha value is -2.33. The lowest BCUT2D eigenvalue weighted by Crippen LogP contribution is -2.38. The molecule has 1 fully saturated rings. The van der Waals surface area contributed by atoms with Crippen molar-refractivity contribution < 1.29 is 14.6 Å². The van der Waals surface area contributed by atoms with Gasteiger partial charge in [0.2, 0.25) is 0 Å². The Morgan fingerprint density at radius 1 is 1.23 bits per heavy atom.